The average molecular weight is 240 g/mol. The van der Waals surface area contributed by atoms with Crippen LogP contribution in [0.2, 0.25) is 0 Å². The molecule has 102 valence electrons. The molecule has 1 aliphatic rings. The van der Waals surface area contributed by atoms with Crippen molar-refractivity contribution in [2.24, 2.45) is 5.92 Å². The number of hydrogen-bond donors (Lipinski definition) is 2. The van der Waals surface area contributed by atoms with E-state index in [9.17, 15) is 0 Å². The third-order valence-electron chi connectivity index (χ3n) is 3.34. The van der Waals surface area contributed by atoms with Gasteiger partial charge in [-0.3, -0.25) is 0 Å². The first-order valence-electron chi connectivity index (χ1n) is 7.73. The van der Waals surface area contributed by atoms with Gasteiger partial charge in [-0.05, 0) is 51.2 Å². The number of hydrogen-bond acceptors (Lipinski definition) is 2. The van der Waals surface area contributed by atoms with E-state index in [4.69, 9.17) is 0 Å². The molecule has 2 N–H and O–H groups in total. The van der Waals surface area contributed by atoms with Crippen molar-refractivity contribution < 1.29 is 0 Å². The van der Waals surface area contributed by atoms with Crippen molar-refractivity contribution in [1.29, 1.82) is 0 Å². The van der Waals surface area contributed by atoms with Gasteiger partial charge in [0.25, 0.3) is 0 Å². The zero-order valence-corrected chi connectivity index (χ0v) is 11.9. The van der Waals surface area contributed by atoms with Crippen molar-refractivity contribution in [3.05, 3.63) is 0 Å². The van der Waals surface area contributed by atoms with Crippen LogP contribution in [-0.2, 0) is 0 Å². The summed E-state index contributed by atoms with van der Waals surface area (Å²) in [5.41, 5.74) is 0. The van der Waals surface area contributed by atoms with Crippen LogP contribution in [0.25, 0.3) is 0 Å². The highest BCUT2D eigenvalue weighted by Crippen LogP contribution is 2.18. The van der Waals surface area contributed by atoms with E-state index in [1.165, 1.54) is 71.0 Å². The maximum Gasteiger partial charge on any atom is 0.00682 e. The van der Waals surface area contributed by atoms with Crippen LogP contribution in [0.4, 0.5) is 0 Å². The lowest BCUT2D eigenvalue weighted by Crippen LogP contribution is -2.20. The van der Waals surface area contributed by atoms with Crippen LogP contribution >= 0.6 is 0 Å². The minimum atomic E-state index is 0.786. The fourth-order valence-corrected chi connectivity index (χ4v) is 2.07. The molecule has 0 saturated heterocycles. The SMILES string of the molecule is CC(C)CNCCCCCCCCNC1CC1. The van der Waals surface area contributed by atoms with Gasteiger partial charge >= 0.3 is 0 Å². The Morgan fingerprint density at radius 1 is 0.882 bits per heavy atom. The lowest BCUT2D eigenvalue weighted by Gasteiger charge is -2.07. The summed E-state index contributed by atoms with van der Waals surface area (Å²) in [6.07, 6.45) is 11.2. The summed E-state index contributed by atoms with van der Waals surface area (Å²) in [7, 11) is 0. The van der Waals surface area contributed by atoms with Gasteiger partial charge in [-0.15, -0.1) is 0 Å². The van der Waals surface area contributed by atoms with Gasteiger partial charge in [0, 0.05) is 6.04 Å². The molecule has 2 heteroatoms. The molecule has 0 radical (unpaired) electrons. The van der Waals surface area contributed by atoms with E-state index in [1.807, 2.05) is 0 Å². The molecule has 2 nitrogen and oxygen atoms in total. The fourth-order valence-electron chi connectivity index (χ4n) is 2.07. The third kappa shape index (κ3) is 10.8. The van der Waals surface area contributed by atoms with Gasteiger partial charge in [0.2, 0.25) is 0 Å². The zero-order valence-electron chi connectivity index (χ0n) is 11.9. The van der Waals surface area contributed by atoms with Crippen LogP contribution < -0.4 is 10.6 Å². The minimum Gasteiger partial charge on any atom is -0.316 e. The van der Waals surface area contributed by atoms with Gasteiger partial charge in [0.05, 0.1) is 0 Å². The molecular weight excluding hydrogens is 208 g/mol. The second-order valence-corrected chi connectivity index (χ2v) is 5.95. The van der Waals surface area contributed by atoms with Gasteiger partial charge in [0.15, 0.2) is 0 Å². The summed E-state index contributed by atoms with van der Waals surface area (Å²) in [4.78, 5) is 0. The maximum absolute atomic E-state index is 3.58. The first kappa shape index (κ1) is 15.0. The molecule has 0 bridgehead atoms. The van der Waals surface area contributed by atoms with Crippen molar-refractivity contribution in [3.8, 4) is 0 Å². The van der Waals surface area contributed by atoms with E-state index < -0.39 is 0 Å². The second-order valence-electron chi connectivity index (χ2n) is 5.95. The molecule has 0 atom stereocenters. The highest BCUT2D eigenvalue weighted by Gasteiger charge is 2.19. The van der Waals surface area contributed by atoms with Gasteiger partial charge in [-0.25, -0.2) is 0 Å². The number of rotatable bonds is 12. The molecule has 0 aromatic carbocycles. The van der Waals surface area contributed by atoms with E-state index in [0.29, 0.717) is 0 Å². The summed E-state index contributed by atoms with van der Waals surface area (Å²) in [5.74, 6) is 0.786. The Labute approximate surface area is 108 Å². The molecule has 17 heavy (non-hydrogen) atoms. The summed E-state index contributed by atoms with van der Waals surface area (Å²) in [6.45, 7) is 8.17. The molecule has 1 saturated carbocycles. The van der Waals surface area contributed by atoms with Crippen molar-refractivity contribution in [2.75, 3.05) is 19.6 Å². The van der Waals surface area contributed by atoms with Gasteiger partial charge in [-0.2, -0.15) is 0 Å². The Kier molecular flexibility index (Phi) is 8.72. The molecule has 0 aromatic heterocycles. The van der Waals surface area contributed by atoms with Gasteiger partial charge in [-0.1, -0.05) is 39.5 Å². The Morgan fingerprint density at radius 3 is 2.06 bits per heavy atom. The standard InChI is InChI=1S/C15H32N2/c1-14(2)13-16-11-7-5-3-4-6-8-12-17-15-9-10-15/h14-17H,3-13H2,1-2H3. The van der Waals surface area contributed by atoms with Crippen molar-refractivity contribution in [3.63, 3.8) is 0 Å². The average Bonchev–Trinajstić information content (AvgIpc) is 3.09. The van der Waals surface area contributed by atoms with Crippen molar-refractivity contribution in [2.45, 2.75) is 71.3 Å². The van der Waals surface area contributed by atoms with Gasteiger partial charge in [0.1, 0.15) is 0 Å². The number of nitrogens with one attached hydrogen (secondary N) is 2. The summed E-state index contributed by atoms with van der Waals surface area (Å²) in [5, 5.41) is 7.08. The van der Waals surface area contributed by atoms with Crippen LogP contribution in [0.1, 0.15) is 65.2 Å². The summed E-state index contributed by atoms with van der Waals surface area (Å²) < 4.78 is 0. The largest absolute Gasteiger partial charge is 0.316 e. The van der Waals surface area contributed by atoms with Crippen LogP contribution in [0.3, 0.4) is 0 Å². The predicted octanol–water partition coefficient (Wildman–Crippen LogP) is 3.32. The van der Waals surface area contributed by atoms with E-state index in [2.05, 4.69) is 24.5 Å². The van der Waals surface area contributed by atoms with Crippen molar-refractivity contribution >= 4 is 0 Å². The Hall–Kier alpha value is -0.0800. The van der Waals surface area contributed by atoms with E-state index in [-0.39, 0.29) is 0 Å². The zero-order chi connectivity index (χ0) is 12.3. The lowest BCUT2D eigenvalue weighted by molar-refractivity contribution is 0.517. The highest BCUT2D eigenvalue weighted by atomic mass is 14.9. The van der Waals surface area contributed by atoms with Crippen LogP contribution in [0.15, 0.2) is 0 Å². The topological polar surface area (TPSA) is 24.1 Å². The van der Waals surface area contributed by atoms with Crippen LogP contribution in [-0.4, -0.2) is 25.7 Å². The fraction of sp³-hybridized carbons (Fsp3) is 1.00. The van der Waals surface area contributed by atoms with Crippen molar-refractivity contribution in [1.82, 2.24) is 10.6 Å². The normalized spacial score (nSPS) is 15.7. The molecule has 0 aromatic rings. The predicted molar refractivity (Wildman–Crippen MR) is 76.4 cm³/mol. The quantitative estimate of drug-likeness (QED) is 0.511. The Bertz CT molecular complexity index is 154. The summed E-state index contributed by atoms with van der Waals surface area (Å²) >= 11 is 0. The second kappa shape index (κ2) is 9.90. The molecule has 0 unspecified atom stereocenters. The van der Waals surface area contributed by atoms with E-state index >= 15 is 0 Å². The highest BCUT2D eigenvalue weighted by molar-refractivity contribution is 4.80. The van der Waals surface area contributed by atoms with Gasteiger partial charge < -0.3 is 10.6 Å². The maximum atomic E-state index is 3.58. The third-order valence-corrected chi connectivity index (χ3v) is 3.34. The molecule has 0 amide bonds. The summed E-state index contributed by atoms with van der Waals surface area (Å²) in [6, 6.07) is 0.891. The first-order valence-corrected chi connectivity index (χ1v) is 7.73. The minimum absolute atomic E-state index is 0.786. The van der Waals surface area contributed by atoms with Crippen LogP contribution in [0.5, 0.6) is 0 Å². The Morgan fingerprint density at radius 2 is 1.47 bits per heavy atom. The molecular formula is C15H32N2. The number of unbranched alkanes of at least 4 members (excludes halogenated alkanes) is 5. The van der Waals surface area contributed by atoms with E-state index in [1.54, 1.807) is 0 Å². The smallest absolute Gasteiger partial charge is 0.00682 e. The molecule has 0 heterocycles. The molecule has 1 rings (SSSR count). The monoisotopic (exact) mass is 240 g/mol. The first-order chi connectivity index (χ1) is 8.29. The lowest BCUT2D eigenvalue weighted by atomic mass is 10.1. The molecule has 1 aliphatic carbocycles. The molecule has 1 fully saturated rings. The Balaban J connectivity index is 1.63. The molecule has 0 aliphatic heterocycles. The van der Waals surface area contributed by atoms with E-state index in [0.717, 1.165) is 12.0 Å². The molecule has 0 spiro atoms. The van der Waals surface area contributed by atoms with Crippen LogP contribution in [0, 0.1) is 5.92 Å².